The molecule has 0 saturated carbocycles. The molecule has 0 spiro atoms. The van der Waals surface area contributed by atoms with E-state index in [-0.39, 0.29) is 5.75 Å². The van der Waals surface area contributed by atoms with Gasteiger partial charge in [0.2, 0.25) is 10.0 Å². The number of primary sulfonamides is 1. The lowest BCUT2D eigenvalue weighted by Crippen LogP contribution is -2.15. The second-order valence-electron chi connectivity index (χ2n) is 3.33. The summed E-state index contributed by atoms with van der Waals surface area (Å²) in [5, 5.41) is 4.97. The van der Waals surface area contributed by atoms with Crippen molar-refractivity contribution in [3.05, 3.63) is 29.3 Å². The SMILES string of the molecule is CCOc1ccc(CS(N)(=O)=O)c(C)c1. The van der Waals surface area contributed by atoms with Crippen LogP contribution in [0.15, 0.2) is 18.2 Å². The smallest absolute Gasteiger partial charge is 0.213 e. The average Bonchev–Trinajstić information content (AvgIpc) is 2.08. The van der Waals surface area contributed by atoms with Gasteiger partial charge in [-0.05, 0) is 37.1 Å². The van der Waals surface area contributed by atoms with Gasteiger partial charge in [0.1, 0.15) is 5.75 Å². The van der Waals surface area contributed by atoms with Crippen LogP contribution in [0.2, 0.25) is 0 Å². The fourth-order valence-electron chi connectivity index (χ4n) is 1.30. The van der Waals surface area contributed by atoms with Gasteiger partial charge in [0, 0.05) is 0 Å². The first-order valence-corrected chi connectivity index (χ1v) is 6.36. The van der Waals surface area contributed by atoms with Gasteiger partial charge in [-0.2, -0.15) is 0 Å². The first kappa shape index (κ1) is 12.0. The fraction of sp³-hybridized carbons (Fsp3) is 0.400. The molecule has 1 rings (SSSR count). The molecule has 0 radical (unpaired) electrons. The molecule has 15 heavy (non-hydrogen) atoms. The number of aryl methyl sites for hydroxylation is 1. The summed E-state index contributed by atoms with van der Waals surface area (Å²) in [6.07, 6.45) is 0. The van der Waals surface area contributed by atoms with Gasteiger partial charge in [0.25, 0.3) is 0 Å². The average molecular weight is 229 g/mol. The molecule has 0 atom stereocenters. The minimum atomic E-state index is -3.47. The van der Waals surface area contributed by atoms with E-state index in [0.29, 0.717) is 12.2 Å². The second-order valence-corrected chi connectivity index (χ2v) is 4.94. The molecule has 0 aliphatic carbocycles. The monoisotopic (exact) mass is 229 g/mol. The molecular weight excluding hydrogens is 214 g/mol. The zero-order valence-electron chi connectivity index (χ0n) is 8.86. The first-order chi connectivity index (χ1) is 6.92. The van der Waals surface area contributed by atoms with E-state index in [1.165, 1.54) is 0 Å². The highest BCUT2D eigenvalue weighted by atomic mass is 32.2. The highest BCUT2D eigenvalue weighted by Crippen LogP contribution is 2.18. The Morgan fingerprint density at radius 3 is 2.53 bits per heavy atom. The normalized spacial score (nSPS) is 11.4. The Morgan fingerprint density at radius 1 is 1.40 bits per heavy atom. The van der Waals surface area contributed by atoms with Gasteiger partial charge >= 0.3 is 0 Å². The molecule has 84 valence electrons. The van der Waals surface area contributed by atoms with Crippen LogP contribution in [-0.2, 0) is 15.8 Å². The van der Waals surface area contributed by atoms with E-state index in [9.17, 15) is 8.42 Å². The van der Waals surface area contributed by atoms with Crippen molar-refractivity contribution >= 4 is 10.0 Å². The summed E-state index contributed by atoms with van der Waals surface area (Å²) >= 11 is 0. The van der Waals surface area contributed by atoms with Gasteiger partial charge in [0.05, 0.1) is 12.4 Å². The highest BCUT2D eigenvalue weighted by Gasteiger charge is 2.08. The lowest BCUT2D eigenvalue weighted by Gasteiger charge is -2.08. The summed E-state index contributed by atoms with van der Waals surface area (Å²) in [6, 6.07) is 5.28. The largest absolute Gasteiger partial charge is 0.494 e. The molecular formula is C10H15NO3S. The first-order valence-electron chi connectivity index (χ1n) is 4.65. The Morgan fingerprint density at radius 2 is 2.07 bits per heavy atom. The van der Waals surface area contributed by atoms with Crippen LogP contribution < -0.4 is 9.88 Å². The van der Waals surface area contributed by atoms with Crippen LogP contribution in [0.25, 0.3) is 0 Å². The molecule has 5 heteroatoms. The van der Waals surface area contributed by atoms with E-state index in [0.717, 1.165) is 11.3 Å². The second kappa shape index (κ2) is 4.63. The number of rotatable bonds is 4. The third-order valence-corrected chi connectivity index (χ3v) is 2.70. The minimum Gasteiger partial charge on any atom is -0.494 e. The van der Waals surface area contributed by atoms with Crippen LogP contribution in [0.4, 0.5) is 0 Å². The standard InChI is InChI=1S/C10H15NO3S/c1-3-14-10-5-4-9(8(2)6-10)7-15(11,12)13/h4-6H,3,7H2,1-2H3,(H2,11,12,13). The number of hydrogen-bond donors (Lipinski definition) is 1. The molecule has 0 aliphatic rings. The van der Waals surface area contributed by atoms with E-state index in [4.69, 9.17) is 9.88 Å². The topological polar surface area (TPSA) is 69.4 Å². The predicted octanol–water partition coefficient (Wildman–Crippen LogP) is 1.18. The summed E-state index contributed by atoms with van der Waals surface area (Å²) < 4.78 is 27.1. The lowest BCUT2D eigenvalue weighted by atomic mass is 10.1. The molecule has 0 amide bonds. The maximum absolute atomic E-state index is 10.9. The van der Waals surface area contributed by atoms with Crippen molar-refractivity contribution in [3.8, 4) is 5.75 Å². The van der Waals surface area contributed by atoms with Crippen molar-refractivity contribution in [3.63, 3.8) is 0 Å². The van der Waals surface area contributed by atoms with Crippen LogP contribution in [0.3, 0.4) is 0 Å². The molecule has 0 aromatic heterocycles. The number of hydrogen-bond acceptors (Lipinski definition) is 3. The van der Waals surface area contributed by atoms with Gasteiger partial charge in [-0.25, -0.2) is 13.6 Å². The van der Waals surface area contributed by atoms with Gasteiger partial charge in [-0.15, -0.1) is 0 Å². The molecule has 0 saturated heterocycles. The molecule has 1 aromatic rings. The number of ether oxygens (including phenoxy) is 1. The van der Waals surface area contributed by atoms with Crippen LogP contribution in [-0.4, -0.2) is 15.0 Å². The molecule has 0 heterocycles. The molecule has 0 bridgehead atoms. The molecule has 0 unspecified atom stereocenters. The van der Waals surface area contributed by atoms with Gasteiger partial charge in [-0.3, -0.25) is 0 Å². The van der Waals surface area contributed by atoms with Crippen molar-refractivity contribution in [1.29, 1.82) is 0 Å². The number of nitrogens with two attached hydrogens (primary N) is 1. The van der Waals surface area contributed by atoms with E-state index in [1.807, 2.05) is 19.9 Å². The van der Waals surface area contributed by atoms with Gasteiger partial charge in [0.15, 0.2) is 0 Å². The Bertz CT molecular complexity index is 440. The third-order valence-electron chi connectivity index (χ3n) is 1.98. The summed E-state index contributed by atoms with van der Waals surface area (Å²) in [7, 11) is -3.47. The summed E-state index contributed by atoms with van der Waals surface area (Å²) in [5.41, 5.74) is 1.58. The maximum Gasteiger partial charge on any atom is 0.213 e. The predicted molar refractivity (Wildman–Crippen MR) is 59.2 cm³/mol. The fourth-order valence-corrected chi connectivity index (χ4v) is 2.06. The van der Waals surface area contributed by atoms with Crippen molar-refractivity contribution in [1.82, 2.24) is 0 Å². The summed E-state index contributed by atoms with van der Waals surface area (Å²) in [4.78, 5) is 0. The highest BCUT2D eigenvalue weighted by molar-refractivity contribution is 7.88. The molecule has 0 fully saturated rings. The zero-order valence-corrected chi connectivity index (χ0v) is 9.67. The molecule has 1 aromatic carbocycles. The van der Waals surface area contributed by atoms with Crippen molar-refractivity contribution < 1.29 is 13.2 Å². The van der Waals surface area contributed by atoms with Crippen LogP contribution in [0.5, 0.6) is 5.75 Å². The van der Waals surface area contributed by atoms with E-state index in [1.54, 1.807) is 12.1 Å². The Kier molecular flexibility index (Phi) is 3.71. The maximum atomic E-state index is 10.9. The van der Waals surface area contributed by atoms with Crippen LogP contribution >= 0.6 is 0 Å². The Balaban J connectivity index is 2.93. The summed E-state index contributed by atoms with van der Waals surface area (Å²) in [5.74, 6) is 0.610. The van der Waals surface area contributed by atoms with E-state index >= 15 is 0 Å². The van der Waals surface area contributed by atoms with Crippen LogP contribution in [0, 0.1) is 6.92 Å². The molecule has 2 N–H and O–H groups in total. The summed E-state index contributed by atoms with van der Waals surface area (Å²) in [6.45, 7) is 4.32. The third kappa shape index (κ3) is 3.89. The van der Waals surface area contributed by atoms with E-state index < -0.39 is 10.0 Å². The minimum absolute atomic E-state index is 0.134. The Labute approximate surface area is 90.1 Å². The molecule has 4 nitrogen and oxygen atoms in total. The molecule has 0 aliphatic heterocycles. The van der Waals surface area contributed by atoms with Gasteiger partial charge in [-0.1, -0.05) is 6.07 Å². The lowest BCUT2D eigenvalue weighted by molar-refractivity contribution is 0.340. The van der Waals surface area contributed by atoms with Crippen molar-refractivity contribution in [2.45, 2.75) is 19.6 Å². The van der Waals surface area contributed by atoms with Crippen molar-refractivity contribution in [2.75, 3.05) is 6.61 Å². The van der Waals surface area contributed by atoms with Gasteiger partial charge < -0.3 is 4.74 Å². The Hall–Kier alpha value is -1.07. The van der Waals surface area contributed by atoms with Crippen molar-refractivity contribution in [2.24, 2.45) is 5.14 Å². The van der Waals surface area contributed by atoms with Crippen LogP contribution in [0.1, 0.15) is 18.1 Å². The number of sulfonamides is 1. The zero-order chi connectivity index (χ0) is 11.5. The van der Waals surface area contributed by atoms with E-state index in [2.05, 4.69) is 0 Å². The quantitative estimate of drug-likeness (QED) is 0.843. The number of benzene rings is 1.